The Labute approximate surface area is 164 Å². The second-order valence-corrected chi connectivity index (χ2v) is 7.71. The van der Waals surface area contributed by atoms with E-state index in [0.717, 1.165) is 17.9 Å². The van der Waals surface area contributed by atoms with Gasteiger partial charge >= 0.3 is 0 Å². The molecule has 4 rings (SSSR count). The van der Waals surface area contributed by atoms with Gasteiger partial charge in [-0.2, -0.15) is 4.98 Å². The number of benzene rings is 2. The lowest BCUT2D eigenvalue weighted by atomic mass is 9.76. The Morgan fingerprint density at radius 2 is 1.70 bits per heavy atom. The molecule has 0 unspecified atom stereocenters. The topological polar surface area (TPSA) is 51.0 Å². The lowest BCUT2D eigenvalue weighted by molar-refractivity contribution is 0.228. The lowest BCUT2D eigenvalue weighted by Crippen LogP contribution is -2.43. The summed E-state index contributed by atoms with van der Waals surface area (Å²) < 4.78 is 5.44. The van der Waals surface area contributed by atoms with Gasteiger partial charge in [0.15, 0.2) is 5.82 Å². The van der Waals surface area contributed by atoms with E-state index in [2.05, 4.69) is 39.7 Å². The second-order valence-electron chi connectivity index (χ2n) is 7.27. The van der Waals surface area contributed by atoms with Crippen LogP contribution in [0.15, 0.2) is 59.1 Å². The third-order valence-corrected chi connectivity index (χ3v) is 5.65. The molecule has 1 saturated carbocycles. The van der Waals surface area contributed by atoms with Gasteiger partial charge in [-0.1, -0.05) is 78.5 Å². The van der Waals surface area contributed by atoms with E-state index in [1.54, 1.807) is 0 Å². The lowest BCUT2D eigenvalue weighted by Gasteiger charge is -2.38. The molecule has 140 valence electrons. The summed E-state index contributed by atoms with van der Waals surface area (Å²) in [5.41, 5.74) is 2.42. The minimum absolute atomic E-state index is 0.0386. The highest BCUT2D eigenvalue weighted by Gasteiger charge is 2.33. The summed E-state index contributed by atoms with van der Waals surface area (Å²) in [4.78, 5) is 4.57. The third kappa shape index (κ3) is 4.40. The predicted molar refractivity (Wildman–Crippen MR) is 107 cm³/mol. The van der Waals surface area contributed by atoms with Gasteiger partial charge in [0.05, 0.1) is 13.0 Å². The summed E-state index contributed by atoms with van der Waals surface area (Å²) in [6.45, 7) is 0.598. The molecule has 4 nitrogen and oxygen atoms in total. The number of hydrogen-bond donors (Lipinski definition) is 1. The molecule has 3 aromatic rings. The van der Waals surface area contributed by atoms with E-state index in [0.29, 0.717) is 24.7 Å². The zero-order valence-corrected chi connectivity index (χ0v) is 16.1. The fourth-order valence-electron chi connectivity index (χ4n) is 3.94. The zero-order valence-electron chi connectivity index (χ0n) is 15.3. The molecule has 1 heterocycles. The summed E-state index contributed by atoms with van der Waals surface area (Å²) in [5, 5.41) is 8.67. The van der Waals surface area contributed by atoms with Crippen molar-refractivity contribution in [1.29, 1.82) is 0 Å². The van der Waals surface area contributed by atoms with E-state index in [1.165, 1.54) is 30.4 Å². The van der Waals surface area contributed by atoms with Crippen molar-refractivity contribution in [2.75, 3.05) is 0 Å². The fraction of sp³-hybridized carbons (Fsp3) is 0.364. The molecule has 1 aliphatic carbocycles. The average molecular weight is 382 g/mol. The summed E-state index contributed by atoms with van der Waals surface area (Å²) in [5.74, 6) is 1.36. The van der Waals surface area contributed by atoms with E-state index >= 15 is 0 Å². The van der Waals surface area contributed by atoms with Gasteiger partial charge in [-0.15, -0.1) is 0 Å². The summed E-state index contributed by atoms with van der Waals surface area (Å²) >= 11 is 6.09. The highest BCUT2D eigenvalue weighted by Crippen LogP contribution is 2.37. The maximum Gasteiger partial charge on any atom is 0.231 e. The Bertz CT molecular complexity index is 855. The maximum atomic E-state index is 6.09. The van der Waals surface area contributed by atoms with E-state index in [4.69, 9.17) is 16.1 Å². The zero-order chi connectivity index (χ0) is 18.5. The molecule has 0 saturated heterocycles. The molecule has 1 N–H and O–H groups in total. The number of hydrogen-bond acceptors (Lipinski definition) is 4. The van der Waals surface area contributed by atoms with Crippen LogP contribution in [0.5, 0.6) is 0 Å². The van der Waals surface area contributed by atoms with Crippen molar-refractivity contribution >= 4 is 11.6 Å². The van der Waals surface area contributed by atoms with Gasteiger partial charge in [-0.3, -0.25) is 0 Å². The van der Waals surface area contributed by atoms with Crippen LogP contribution in [0.1, 0.15) is 54.9 Å². The van der Waals surface area contributed by atoms with Crippen LogP contribution in [0.25, 0.3) is 0 Å². The van der Waals surface area contributed by atoms with Gasteiger partial charge in [0.1, 0.15) is 0 Å². The number of nitrogens with one attached hydrogen (secondary N) is 1. The minimum Gasteiger partial charge on any atom is -0.339 e. The predicted octanol–water partition coefficient (Wildman–Crippen LogP) is 5.26. The van der Waals surface area contributed by atoms with Crippen LogP contribution in [-0.2, 0) is 18.5 Å². The molecule has 1 aromatic heterocycles. The molecular formula is C22H24ClN3O. The first-order chi connectivity index (χ1) is 13.2. The quantitative estimate of drug-likeness (QED) is 0.632. The van der Waals surface area contributed by atoms with E-state index in [-0.39, 0.29) is 5.54 Å². The van der Waals surface area contributed by atoms with E-state index in [9.17, 15) is 0 Å². The molecule has 0 spiro atoms. The number of nitrogens with zero attached hydrogens (tertiary/aromatic N) is 2. The van der Waals surface area contributed by atoms with E-state index < -0.39 is 0 Å². The molecule has 0 radical (unpaired) electrons. The average Bonchev–Trinajstić information content (AvgIpc) is 3.16. The van der Waals surface area contributed by atoms with Crippen LogP contribution in [0.3, 0.4) is 0 Å². The first kappa shape index (κ1) is 18.2. The maximum absolute atomic E-state index is 6.09. The van der Waals surface area contributed by atoms with Crippen LogP contribution in [0.4, 0.5) is 0 Å². The second kappa shape index (κ2) is 8.24. The Balaban J connectivity index is 1.46. The van der Waals surface area contributed by atoms with Crippen molar-refractivity contribution in [3.63, 3.8) is 0 Å². The van der Waals surface area contributed by atoms with Gasteiger partial charge in [0.25, 0.3) is 0 Å². The Hall–Kier alpha value is -2.17. The molecule has 0 atom stereocenters. The third-order valence-electron chi connectivity index (χ3n) is 5.40. The molecular weight excluding hydrogens is 358 g/mol. The van der Waals surface area contributed by atoms with Crippen molar-refractivity contribution in [1.82, 2.24) is 15.5 Å². The van der Waals surface area contributed by atoms with Crippen LogP contribution < -0.4 is 5.32 Å². The van der Waals surface area contributed by atoms with Crippen molar-refractivity contribution in [2.24, 2.45) is 0 Å². The number of halogens is 1. The molecule has 0 amide bonds. The first-order valence-electron chi connectivity index (χ1n) is 9.60. The molecule has 0 bridgehead atoms. The van der Waals surface area contributed by atoms with Crippen molar-refractivity contribution in [3.8, 4) is 0 Å². The highest BCUT2D eigenvalue weighted by atomic mass is 35.5. The van der Waals surface area contributed by atoms with Gasteiger partial charge in [0.2, 0.25) is 5.89 Å². The summed E-state index contributed by atoms with van der Waals surface area (Å²) in [7, 11) is 0. The molecule has 1 fully saturated rings. The molecule has 2 aromatic carbocycles. The number of rotatable bonds is 6. The van der Waals surface area contributed by atoms with Crippen molar-refractivity contribution in [2.45, 2.75) is 50.6 Å². The van der Waals surface area contributed by atoms with Gasteiger partial charge < -0.3 is 9.84 Å². The molecule has 1 aliphatic rings. The summed E-state index contributed by atoms with van der Waals surface area (Å²) in [6.07, 6.45) is 6.63. The van der Waals surface area contributed by atoms with Crippen LogP contribution in [-0.4, -0.2) is 10.1 Å². The van der Waals surface area contributed by atoms with Crippen LogP contribution in [0, 0.1) is 0 Å². The van der Waals surface area contributed by atoms with Gasteiger partial charge in [-0.25, -0.2) is 0 Å². The van der Waals surface area contributed by atoms with Crippen molar-refractivity contribution < 1.29 is 4.52 Å². The normalized spacial score (nSPS) is 16.3. The largest absolute Gasteiger partial charge is 0.339 e. The van der Waals surface area contributed by atoms with Gasteiger partial charge in [0, 0.05) is 10.6 Å². The minimum atomic E-state index is -0.0386. The Morgan fingerprint density at radius 3 is 2.44 bits per heavy atom. The first-order valence-corrected chi connectivity index (χ1v) is 9.98. The summed E-state index contributed by atoms with van der Waals surface area (Å²) in [6, 6.07) is 18.4. The SMILES string of the molecule is Clc1ccc(C2(NCc3noc(Cc4ccccc4)n3)CCCCC2)cc1. The molecule has 5 heteroatoms. The number of aromatic nitrogens is 2. The highest BCUT2D eigenvalue weighted by molar-refractivity contribution is 6.30. The molecule has 27 heavy (non-hydrogen) atoms. The van der Waals surface area contributed by atoms with Crippen molar-refractivity contribution in [3.05, 3.63) is 82.5 Å². The van der Waals surface area contributed by atoms with E-state index in [1.807, 2.05) is 30.3 Å². The standard InChI is InChI=1S/C22H24ClN3O/c23-19-11-9-18(10-12-19)22(13-5-2-6-14-22)24-16-20-25-21(27-26-20)15-17-7-3-1-4-8-17/h1,3-4,7-12,24H,2,5-6,13-16H2. The van der Waals surface area contributed by atoms with Crippen LogP contribution in [0.2, 0.25) is 5.02 Å². The fourth-order valence-corrected chi connectivity index (χ4v) is 4.07. The van der Waals surface area contributed by atoms with Crippen LogP contribution >= 0.6 is 11.6 Å². The molecule has 0 aliphatic heterocycles. The smallest absolute Gasteiger partial charge is 0.231 e. The monoisotopic (exact) mass is 381 g/mol. The Kier molecular flexibility index (Phi) is 5.55. The Morgan fingerprint density at radius 1 is 0.963 bits per heavy atom. The van der Waals surface area contributed by atoms with Gasteiger partial charge in [-0.05, 0) is 36.1 Å².